The van der Waals surface area contributed by atoms with Gasteiger partial charge in [0.1, 0.15) is 0 Å². The van der Waals surface area contributed by atoms with Crippen molar-refractivity contribution in [2.75, 3.05) is 26.0 Å². The fraction of sp³-hybridized carbons (Fsp3) is 0.889. The number of rotatable bonds is 6. The summed E-state index contributed by atoms with van der Waals surface area (Å²) in [6.45, 7) is 1.33. The molecule has 16 heavy (non-hydrogen) atoms. The number of ether oxygens (including phenoxy) is 1. The quantitative estimate of drug-likeness (QED) is 0.604. The minimum absolute atomic E-state index is 0.107. The van der Waals surface area contributed by atoms with Crippen LogP contribution in [0.3, 0.4) is 0 Å². The maximum atomic E-state index is 11.5. The van der Waals surface area contributed by atoms with Crippen LogP contribution in [0, 0.1) is 0 Å². The van der Waals surface area contributed by atoms with Gasteiger partial charge in [0.15, 0.2) is 0 Å². The number of carbonyl (C=O) groups excluding carboxylic acids is 1. The van der Waals surface area contributed by atoms with Gasteiger partial charge < -0.3 is 10.1 Å². The molecule has 0 aliphatic carbocycles. The molecule has 0 spiro atoms. The summed E-state index contributed by atoms with van der Waals surface area (Å²) in [4.78, 5) is 10.8. The zero-order valence-corrected chi connectivity index (χ0v) is 10.2. The van der Waals surface area contributed by atoms with E-state index >= 15 is 0 Å². The largest absolute Gasteiger partial charge is 0.469 e. The van der Waals surface area contributed by atoms with Crippen LogP contribution in [-0.2, 0) is 19.6 Å². The molecule has 0 radical (unpaired) electrons. The Labute approximate surface area is 95.8 Å². The molecule has 1 saturated heterocycles. The highest BCUT2D eigenvalue weighted by molar-refractivity contribution is 7.89. The van der Waals surface area contributed by atoms with Crippen molar-refractivity contribution < 1.29 is 17.9 Å². The monoisotopic (exact) mass is 250 g/mol. The van der Waals surface area contributed by atoms with E-state index in [1.54, 1.807) is 0 Å². The molecule has 0 bridgehead atoms. The highest BCUT2D eigenvalue weighted by atomic mass is 32.2. The number of methoxy groups -OCH3 is 1. The molecule has 2 N–H and O–H groups in total. The maximum Gasteiger partial charge on any atom is 0.306 e. The van der Waals surface area contributed by atoms with Crippen molar-refractivity contribution in [2.45, 2.75) is 25.3 Å². The van der Waals surface area contributed by atoms with Crippen molar-refractivity contribution in [3.63, 3.8) is 0 Å². The number of sulfonamides is 1. The van der Waals surface area contributed by atoms with E-state index in [2.05, 4.69) is 14.8 Å². The Morgan fingerprint density at radius 2 is 2.31 bits per heavy atom. The van der Waals surface area contributed by atoms with E-state index in [0.717, 1.165) is 19.4 Å². The summed E-state index contributed by atoms with van der Waals surface area (Å²) in [7, 11) is -2.12. The van der Waals surface area contributed by atoms with Crippen molar-refractivity contribution in [3.8, 4) is 0 Å². The van der Waals surface area contributed by atoms with Gasteiger partial charge in [0, 0.05) is 12.6 Å². The second kappa shape index (κ2) is 6.17. The lowest BCUT2D eigenvalue weighted by atomic mass is 10.2. The van der Waals surface area contributed by atoms with Gasteiger partial charge in [0.05, 0.1) is 19.3 Å². The van der Waals surface area contributed by atoms with Crippen LogP contribution in [0.5, 0.6) is 0 Å². The second-order valence-electron chi connectivity index (χ2n) is 3.79. The van der Waals surface area contributed by atoms with Crippen molar-refractivity contribution in [1.29, 1.82) is 0 Å². The molecular formula is C9H18N2O4S. The summed E-state index contributed by atoms with van der Waals surface area (Å²) >= 11 is 0. The summed E-state index contributed by atoms with van der Waals surface area (Å²) in [5, 5.41) is 3.19. The van der Waals surface area contributed by atoms with Gasteiger partial charge in [-0.25, -0.2) is 13.1 Å². The van der Waals surface area contributed by atoms with Crippen LogP contribution >= 0.6 is 0 Å². The molecule has 0 saturated carbocycles. The molecule has 1 aliphatic heterocycles. The second-order valence-corrected chi connectivity index (χ2v) is 5.71. The number of nitrogens with one attached hydrogen (secondary N) is 2. The molecule has 0 amide bonds. The first kappa shape index (κ1) is 13.4. The molecule has 1 fully saturated rings. The molecule has 0 aromatic carbocycles. The van der Waals surface area contributed by atoms with Crippen LogP contribution in [-0.4, -0.2) is 46.4 Å². The van der Waals surface area contributed by atoms with E-state index in [4.69, 9.17) is 0 Å². The van der Waals surface area contributed by atoms with Crippen LogP contribution < -0.4 is 10.0 Å². The Morgan fingerprint density at radius 1 is 1.56 bits per heavy atom. The topological polar surface area (TPSA) is 84.5 Å². The average Bonchev–Trinajstić information content (AvgIpc) is 2.76. The van der Waals surface area contributed by atoms with E-state index in [9.17, 15) is 13.2 Å². The molecule has 94 valence electrons. The van der Waals surface area contributed by atoms with Gasteiger partial charge in [-0.1, -0.05) is 0 Å². The lowest BCUT2D eigenvalue weighted by Crippen LogP contribution is -2.38. The van der Waals surface area contributed by atoms with Crippen molar-refractivity contribution in [1.82, 2.24) is 10.0 Å². The zero-order valence-electron chi connectivity index (χ0n) is 9.36. The van der Waals surface area contributed by atoms with E-state index in [1.807, 2.05) is 0 Å². The van der Waals surface area contributed by atoms with E-state index in [1.165, 1.54) is 7.11 Å². The summed E-state index contributed by atoms with van der Waals surface area (Å²) in [6.07, 6.45) is 1.96. The van der Waals surface area contributed by atoms with Crippen LogP contribution in [0.15, 0.2) is 0 Å². The van der Waals surface area contributed by atoms with Crippen LogP contribution in [0.1, 0.15) is 19.3 Å². The van der Waals surface area contributed by atoms with E-state index < -0.39 is 16.0 Å². The molecule has 0 aromatic rings. The SMILES string of the molecule is COC(=O)CCS(=O)(=O)NCC1CCCN1. The van der Waals surface area contributed by atoms with Crippen molar-refractivity contribution in [3.05, 3.63) is 0 Å². The van der Waals surface area contributed by atoms with Crippen LogP contribution in [0.4, 0.5) is 0 Å². The zero-order chi connectivity index (χ0) is 12.0. The third kappa shape index (κ3) is 4.91. The first-order chi connectivity index (χ1) is 7.53. The molecule has 1 aliphatic rings. The minimum Gasteiger partial charge on any atom is -0.469 e. The number of hydrogen-bond acceptors (Lipinski definition) is 5. The number of carbonyl (C=O) groups is 1. The maximum absolute atomic E-state index is 11.5. The highest BCUT2D eigenvalue weighted by Gasteiger charge is 2.18. The Balaban J connectivity index is 2.25. The Morgan fingerprint density at radius 3 is 2.88 bits per heavy atom. The molecule has 1 unspecified atom stereocenters. The summed E-state index contributed by atoms with van der Waals surface area (Å²) in [5.41, 5.74) is 0. The van der Waals surface area contributed by atoms with Gasteiger partial charge in [-0.3, -0.25) is 4.79 Å². The molecule has 6 nitrogen and oxygen atoms in total. The lowest BCUT2D eigenvalue weighted by Gasteiger charge is -2.11. The first-order valence-electron chi connectivity index (χ1n) is 5.31. The average molecular weight is 250 g/mol. The van der Waals surface area contributed by atoms with Gasteiger partial charge in [-0.2, -0.15) is 0 Å². The first-order valence-corrected chi connectivity index (χ1v) is 6.96. The molecule has 1 rings (SSSR count). The van der Waals surface area contributed by atoms with Crippen molar-refractivity contribution in [2.24, 2.45) is 0 Å². The third-order valence-corrected chi connectivity index (χ3v) is 3.86. The smallest absolute Gasteiger partial charge is 0.306 e. The minimum atomic E-state index is -3.37. The van der Waals surface area contributed by atoms with E-state index in [0.29, 0.717) is 6.54 Å². The summed E-state index contributed by atoms with van der Waals surface area (Å²) < 4.78 is 29.8. The van der Waals surface area contributed by atoms with Crippen LogP contribution in [0.2, 0.25) is 0 Å². The predicted octanol–water partition coefficient (Wildman–Crippen LogP) is -0.779. The molecule has 0 aromatic heterocycles. The summed E-state index contributed by atoms with van der Waals surface area (Å²) in [6, 6.07) is 0.216. The van der Waals surface area contributed by atoms with Gasteiger partial charge >= 0.3 is 5.97 Å². The fourth-order valence-electron chi connectivity index (χ4n) is 1.55. The lowest BCUT2D eigenvalue weighted by molar-refractivity contribution is -0.140. The molecule has 1 atom stereocenters. The summed E-state index contributed by atoms with van der Waals surface area (Å²) in [5.74, 6) is -0.726. The number of hydrogen-bond donors (Lipinski definition) is 2. The van der Waals surface area contributed by atoms with Crippen molar-refractivity contribution >= 4 is 16.0 Å². The molecular weight excluding hydrogens is 232 g/mol. The highest BCUT2D eigenvalue weighted by Crippen LogP contribution is 2.04. The van der Waals surface area contributed by atoms with Crippen LogP contribution in [0.25, 0.3) is 0 Å². The Hall–Kier alpha value is -0.660. The van der Waals surface area contributed by atoms with Gasteiger partial charge in [0.2, 0.25) is 10.0 Å². The van der Waals surface area contributed by atoms with E-state index in [-0.39, 0.29) is 18.2 Å². The normalized spacial score (nSPS) is 20.9. The van der Waals surface area contributed by atoms with Gasteiger partial charge in [-0.15, -0.1) is 0 Å². The number of esters is 1. The third-order valence-electron chi connectivity index (χ3n) is 2.51. The fourth-order valence-corrected chi connectivity index (χ4v) is 2.59. The van der Waals surface area contributed by atoms with Gasteiger partial charge in [0.25, 0.3) is 0 Å². The standard InChI is InChI=1S/C9H18N2O4S/c1-15-9(12)4-6-16(13,14)11-7-8-3-2-5-10-8/h8,10-11H,2-7H2,1H3. The Bertz CT molecular complexity index is 322. The Kier molecular flexibility index (Phi) is 5.17. The van der Waals surface area contributed by atoms with Gasteiger partial charge in [-0.05, 0) is 19.4 Å². The molecule has 7 heteroatoms. The molecule has 1 heterocycles. The predicted molar refractivity (Wildman–Crippen MR) is 59.4 cm³/mol.